The summed E-state index contributed by atoms with van der Waals surface area (Å²) in [6.45, 7) is 9.90. The smallest absolute Gasteiger partial charge is 0.0878 e. The molecular formula is C12H24O2. The van der Waals surface area contributed by atoms with Gasteiger partial charge in [-0.1, -0.05) is 26.8 Å². The molecule has 2 unspecified atom stereocenters. The fourth-order valence-corrected chi connectivity index (χ4v) is 1.71. The van der Waals surface area contributed by atoms with E-state index < -0.39 is 0 Å². The highest BCUT2D eigenvalue weighted by atomic mass is 16.5. The van der Waals surface area contributed by atoms with Crippen LogP contribution < -0.4 is 0 Å². The van der Waals surface area contributed by atoms with Gasteiger partial charge in [0.1, 0.15) is 0 Å². The van der Waals surface area contributed by atoms with Gasteiger partial charge >= 0.3 is 0 Å². The number of hydrogen-bond donors (Lipinski definition) is 1. The quantitative estimate of drug-likeness (QED) is 0.527. The fourth-order valence-electron chi connectivity index (χ4n) is 1.71. The average molecular weight is 200 g/mol. The minimum absolute atomic E-state index is 0.0116. The van der Waals surface area contributed by atoms with Crippen molar-refractivity contribution in [2.75, 3.05) is 7.11 Å². The molecule has 84 valence electrons. The monoisotopic (exact) mass is 200 g/mol. The molecule has 2 nitrogen and oxygen atoms in total. The van der Waals surface area contributed by atoms with Crippen LogP contribution in [0.15, 0.2) is 12.7 Å². The van der Waals surface area contributed by atoms with Crippen molar-refractivity contribution in [3.8, 4) is 0 Å². The zero-order valence-electron chi connectivity index (χ0n) is 9.92. The Balaban J connectivity index is 4.04. The Morgan fingerprint density at radius 3 is 2.36 bits per heavy atom. The molecular weight excluding hydrogens is 176 g/mol. The van der Waals surface area contributed by atoms with Gasteiger partial charge in [0.05, 0.1) is 12.2 Å². The van der Waals surface area contributed by atoms with E-state index in [-0.39, 0.29) is 17.6 Å². The summed E-state index contributed by atoms with van der Waals surface area (Å²) in [4.78, 5) is 0. The predicted octanol–water partition coefficient (Wildman–Crippen LogP) is 2.76. The van der Waals surface area contributed by atoms with Gasteiger partial charge in [-0.3, -0.25) is 0 Å². The molecule has 0 aliphatic heterocycles. The molecule has 0 amide bonds. The van der Waals surface area contributed by atoms with E-state index in [4.69, 9.17) is 4.74 Å². The number of allylic oxidation sites excluding steroid dienone is 1. The molecule has 0 bridgehead atoms. The van der Waals surface area contributed by atoms with E-state index in [0.717, 1.165) is 19.3 Å². The molecule has 0 fully saturated rings. The molecule has 0 aromatic rings. The number of aliphatic hydroxyl groups is 1. The third-order valence-corrected chi connectivity index (χ3v) is 2.37. The molecule has 14 heavy (non-hydrogen) atoms. The topological polar surface area (TPSA) is 29.5 Å². The van der Waals surface area contributed by atoms with Crippen LogP contribution in [0.2, 0.25) is 0 Å². The molecule has 0 spiro atoms. The van der Waals surface area contributed by atoms with Gasteiger partial charge in [-0.2, -0.15) is 0 Å². The van der Waals surface area contributed by atoms with E-state index in [0.29, 0.717) is 0 Å². The number of hydrogen-bond acceptors (Lipinski definition) is 2. The SMILES string of the molecule is C=CCCCC(O)C(OC)C(C)(C)C. The van der Waals surface area contributed by atoms with Crippen molar-refractivity contribution in [1.82, 2.24) is 0 Å². The number of rotatable bonds is 6. The minimum atomic E-state index is -0.375. The summed E-state index contributed by atoms with van der Waals surface area (Å²) in [5, 5.41) is 9.91. The van der Waals surface area contributed by atoms with Crippen LogP contribution in [-0.2, 0) is 4.74 Å². The summed E-state index contributed by atoms with van der Waals surface area (Å²) in [5.74, 6) is 0. The molecule has 1 N–H and O–H groups in total. The zero-order valence-corrected chi connectivity index (χ0v) is 9.92. The van der Waals surface area contributed by atoms with Crippen molar-refractivity contribution in [3.05, 3.63) is 12.7 Å². The van der Waals surface area contributed by atoms with Gasteiger partial charge in [0, 0.05) is 7.11 Å². The standard InChI is InChI=1S/C12H24O2/c1-6-7-8-9-10(13)11(14-5)12(2,3)4/h6,10-11,13H,1,7-9H2,2-5H3. The van der Waals surface area contributed by atoms with Gasteiger partial charge in [-0.15, -0.1) is 6.58 Å². The Kier molecular flexibility index (Phi) is 6.05. The van der Waals surface area contributed by atoms with Crippen LogP contribution in [0.5, 0.6) is 0 Å². The molecule has 0 aromatic heterocycles. The van der Waals surface area contributed by atoms with Crippen LogP contribution in [0.3, 0.4) is 0 Å². The Morgan fingerprint density at radius 2 is 2.00 bits per heavy atom. The first kappa shape index (κ1) is 13.7. The molecule has 0 heterocycles. The summed E-state index contributed by atoms with van der Waals surface area (Å²) in [7, 11) is 1.66. The fraction of sp³-hybridized carbons (Fsp3) is 0.833. The first-order chi connectivity index (χ1) is 6.43. The van der Waals surface area contributed by atoms with Gasteiger partial charge < -0.3 is 9.84 Å². The van der Waals surface area contributed by atoms with Crippen molar-refractivity contribution in [2.24, 2.45) is 5.41 Å². The molecule has 0 saturated heterocycles. The highest BCUT2D eigenvalue weighted by molar-refractivity contribution is 4.81. The van der Waals surface area contributed by atoms with E-state index in [1.54, 1.807) is 7.11 Å². The molecule has 2 heteroatoms. The van der Waals surface area contributed by atoms with Crippen molar-refractivity contribution in [3.63, 3.8) is 0 Å². The van der Waals surface area contributed by atoms with Crippen LogP contribution >= 0.6 is 0 Å². The van der Waals surface area contributed by atoms with E-state index >= 15 is 0 Å². The molecule has 0 aromatic carbocycles. The van der Waals surface area contributed by atoms with E-state index in [2.05, 4.69) is 27.4 Å². The summed E-state index contributed by atoms with van der Waals surface area (Å²) in [6, 6.07) is 0. The lowest BCUT2D eigenvalue weighted by Gasteiger charge is -2.33. The maximum atomic E-state index is 9.91. The third kappa shape index (κ3) is 4.77. The van der Waals surface area contributed by atoms with Gasteiger partial charge in [0.2, 0.25) is 0 Å². The van der Waals surface area contributed by atoms with E-state index in [1.165, 1.54) is 0 Å². The zero-order chi connectivity index (χ0) is 11.2. The second-order valence-electron chi connectivity index (χ2n) is 4.81. The summed E-state index contributed by atoms with van der Waals surface area (Å²) in [6.07, 6.45) is 4.12. The van der Waals surface area contributed by atoms with Gasteiger partial charge in [-0.25, -0.2) is 0 Å². The Labute approximate surface area is 88.0 Å². The summed E-state index contributed by atoms with van der Waals surface area (Å²) in [5.41, 5.74) is -0.0116. The Bertz CT molecular complexity index is 158. The molecule has 0 saturated carbocycles. The maximum Gasteiger partial charge on any atom is 0.0878 e. The normalized spacial score (nSPS) is 16.4. The molecule has 0 aliphatic carbocycles. The lowest BCUT2D eigenvalue weighted by Crippen LogP contribution is -2.39. The lowest BCUT2D eigenvalue weighted by atomic mass is 9.84. The highest BCUT2D eigenvalue weighted by Gasteiger charge is 2.30. The average Bonchev–Trinajstić information content (AvgIpc) is 2.03. The number of unbranched alkanes of at least 4 members (excludes halogenated alkanes) is 1. The molecule has 0 aliphatic rings. The molecule has 2 atom stereocenters. The number of methoxy groups -OCH3 is 1. The molecule has 0 rings (SSSR count). The van der Waals surface area contributed by atoms with Crippen LogP contribution in [0.4, 0.5) is 0 Å². The third-order valence-electron chi connectivity index (χ3n) is 2.37. The van der Waals surface area contributed by atoms with Gasteiger partial charge in [0.15, 0.2) is 0 Å². The highest BCUT2D eigenvalue weighted by Crippen LogP contribution is 2.26. The molecule has 0 radical (unpaired) electrons. The summed E-state index contributed by atoms with van der Waals surface area (Å²) < 4.78 is 5.33. The largest absolute Gasteiger partial charge is 0.390 e. The van der Waals surface area contributed by atoms with E-state index in [9.17, 15) is 5.11 Å². The van der Waals surface area contributed by atoms with Crippen LogP contribution in [0.25, 0.3) is 0 Å². The Morgan fingerprint density at radius 1 is 1.43 bits per heavy atom. The van der Waals surface area contributed by atoms with Crippen LogP contribution in [-0.4, -0.2) is 24.4 Å². The van der Waals surface area contributed by atoms with Crippen molar-refractivity contribution < 1.29 is 9.84 Å². The summed E-state index contributed by atoms with van der Waals surface area (Å²) >= 11 is 0. The first-order valence-electron chi connectivity index (χ1n) is 5.25. The number of ether oxygens (including phenoxy) is 1. The van der Waals surface area contributed by atoms with Gasteiger partial charge in [0.25, 0.3) is 0 Å². The van der Waals surface area contributed by atoms with Crippen molar-refractivity contribution in [2.45, 2.75) is 52.2 Å². The first-order valence-corrected chi connectivity index (χ1v) is 5.25. The van der Waals surface area contributed by atoms with Gasteiger partial charge in [-0.05, 0) is 24.7 Å². The number of aliphatic hydroxyl groups excluding tert-OH is 1. The Hall–Kier alpha value is -0.340. The second-order valence-corrected chi connectivity index (χ2v) is 4.81. The van der Waals surface area contributed by atoms with Crippen molar-refractivity contribution >= 4 is 0 Å². The maximum absolute atomic E-state index is 9.91. The predicted molar refractivity (Wildman–Crippen MR) is 60.3 cm³/mol. The van der Waals surface area contributed by atoms with Crippen LogP contribution in [0.1, 0.15) is 40.0 Å². The van der Waals surface area contributed by atoms with E-state index in [1.807, 2.05) is 6.08 Å². The second kappa shape index (κ2) is 6.20. The van der Waals surface area contributed by atoms with Crippen molar-refractivity contribution in [1.29, 1.82) is 0 Å². The van der Waals surface area contributed by atoms with Crippen LogP contribution in [0, 0.1) is 5.41 Å². The minimum Gasteiger partial charge on any atom is -0.390 e. The lowest BCUT2D eigenvalue weighted by molar-refractivity contribution is -0.0735.